The van der Waals surface area contributed by atoms with Gasteiger partial charge in [-0.1, -0.05) is 42.1 Å². The Hall–Kier alpha value is -3.30. The molecule has 4 rings (SSSR count). The van der Waals surface area contributed by atoms with Crippen LogP contribution in [-0.4, -0.2) is 45.8 Å². The molecule has 0 unspecified atom stereocenters. The van der Waals surface area contributed by atoms with Crippen LogP contribution >= 0.6 is 23.1 Å². The summed E-state index contributed by atoms with van der Waals surface area (Å²) in [5.74, 6) is -0.511. The maximum Gasteiger partial charge on any atom is 0.239 e. The van der Waals surface area contributed by atoms with E-state index in [1.807, 2.05) is 48.7 Å². The number of amides is 2. The summed E-state index contributed by atoms with van der Waals surface area (Å²) in [6.45, 7) is 2.75. The fraction of sp³-hybridized carbons (Fsp3) is 0.200. The Labute approximate surface area is 205 Å². The van der Waals surface area contributed by atoms with Crippen LogP contribution in [0, 0.1) is 5.82 Å². The van der Waals surface area contributed by atoms with Gasteiger partial charge in [-0.3, -0.25) is 9.59 Å². The van der Waals surface area contributed by atoms with E-state index in [1.54, 1.807) is 23.5 Å². The molecule has 0 fully saturated rings. The molecule has 2 heterocycles. The van der Waals surface area contributed by atoms with E-state index in [-0.39, 0.29) is 29.9 Å². The molecule has 9 heteroatoms. The highest BCUT2D eigenvalue weighted by atomic mass is 32.2. The zero-order chi connectivity index (χ0) is 23.9. The Kier molecular flexibility index (Phi) is 7.87. The average molecular weight is 495 g/mol. The van der Waals surface area contributed by atoms with Crippen molar-refractivity contribution in [1.29, 1.82) is 0 Å². The second-order valence-electron chi connectivity index (χ2n) is 7.46. The number of halogens is 1. The molecule has 34 heavy (non-hydrogen) atoms. The Bertz CT molecular complexity index is 1280. The fourth-order valence-electron chi connectivity index (χ4n) is 3.43. The van der Waals surface area contributed by atoms with Crippen molar-refractivity contribution in [2.24, 2.45) is 0 Å². The van der Waals surface area contributed by atoms with Crippen LogP contribution in [0.5, 0.6) is 0 Å². The molecule has 0 aliphatic heterocycles. The number of benzene rings is 2. The summed E-state index contributed by atoms with van der Waals surface area (Å²) in [4.78, 5) is 27.7. The number of hydrogen-bond donors (Lipinski definition) is 1. The van der Waals surface area contributed by atoms with Crippen molar-refractivity contribution in [1.82, 2.24) is 20.4 Å². The first-order valence-corrected chi connectivity index (χ1v) is 12.6. The molecule has 2 aromatic heterocycles. The highest BCUT2D eigenvalue weighted by Gasteiger charge is 2.18. The van der Waals surface area contributed by atoms with Gasteiger partial charge in [0, 0.05) is 27.8 Å². The summed E-state index contributed by atoms with van der Waals surface area (Å²) in [5, 5.41) is 15.9. The normalized spacial score (nSPS) is 10.9. The zero-order valence-corrected chi connectivity index (χ0v) is 20.2. The highest BCUT2D eigenvalue weighted by Crippen LogP contribution is 2.31. The Balaban J connectivity index is 1.43. The lowest BCUT2D eigenvalue weighted by Crippen LogP contribution is -2.41. The number of carbonyl (C=O) groups excluding carboxylic acids is 2. The molecule has 0 aliphatic carbocycles. The molecule has 0 atom stereocenters. The van der Waals surface area contributed by atoms with Crippen molar-refractivity contribution in [3.63, 3.8) is 0 Å². The number of carbonyl (C=O) groups is 2. The van der Waals surface area contributed by atoms with E-state index in [4.69, 9.17) is 0 Å². The molecule has 0 bridgehead atoms. The predicted octanol–water partition coefficient (Wildman–Crippen LogP) is 4.75. The lowest BCUT2D eigenvalue weighted by atomic mass is 10.1. The average Bonchev–Trinajstić information content (AvgIpc) is 3.39. The number of fused-ring (bicyclic) bond motifs is 1. The summed E-state index contributed by atoms with van der Waals surface area (Å²) >= 11 is 2.87. The maximum absolute atomic E-state index is 13.3. The first-order valence-electron chi connectivity index (χ1n) is 10.8. The summed E-state index contributed by atoms with van der Waals surface area (Å²) in [5.41, 5.74) is 1.42. The molecule has 1 N–H and O–H groups in total. The summed E-state index contributed by atoms with van der Waals surface area (Å²) in [7, 11) is 0. The summed E-state index contributed by atoms with van der Waals surface area (Å²) < 4.78 is 13.3. The number of thioether (sulfide) groups is 1. The highest BCUT2D eigenvalue weighted by molar-refractivity contribution is 8.00. The van der Waals surface area contributed by atoms with Gasteiger partial charge in [0.2, 0.25) is 11.8 Å². The second kappa shape index (κ2) is 11.2. The molecule has 0 radical (unpaired) electrons. The molecule has 0 saturated heterocycles. The third-order valence-corrected chi connectivity index (χ3v) is 7.05. The Morgan fingerprint density at radius 3 is 2.50 bits per heavy atom. The fourth-order valence-corrected chi connectivity index (χ4v) is 4.95. The minimum Gasteiger partial charge on any atom is -0.350 e. The third kappa shape index (κ3) is 5.78. The first-order chi connectivity index (χ1) is 16.5. The molecule has 4 aromatic rings. The molecular formula is C25H23FN4O2S2. The van der Waals surface area contributed by atoms with Crippen LogP contribution in [0.25, 0.3) is 22.0 Å². The standard InChI is InChI=1S/C25H23FN4O2S2/c1-2-30(15-22(31)27-14-19-6-5-13-33-19)23(32)16-34-25-21-8-4-3-7-20(21)24(28-29-25)17-9-11-18(26)12-10-17/h3-13H,2,14-16H2,1H3,(H,27,31). The number of thiophene rings is 1. The van der Waals surface area contributed by atoms with Crippen LogP contribution in [0.2, 0.25) is 0 Å². The third-order valence-electron chi connectivity index (χ3n) is 5.21. The van der Waals surface area contributed by atoms with E-state index in [0.29, 0.717) is 23.8 Å². The van der Waals surface area contributed by atoms with Crippen molar-refractivity contribution >= 4 is 45.7 Å². The second-order valence-corrected chi connectivity index (χ2v) is 9.46. The van der Waals surface area contributed by atoms with E-state index in [2.05, 4.69) is 15.5 Å². The van der Waals surface area contributed by atoms with E-state index in [0.717, 1.165) is 21.2 Å². The number of likely N-dealkylation sites (N-methyl/N-ethyl adjacent to an activating group) is 1. The van der Waals surface area contributed by atoms with Crippen molar-refractivity contribution in [3.8, 4) is 11.3 Å². The molecule has 0 aliphatic rings. The lowest BCUT2D eigenvalue weighted by Gasteiger charge is -2.20. The van der Waals surface area contributed by atoms with Crippen molar-refractivity contribution in [2.45, 2.75) is 18.5 Å². The Morgan fingerprint density at radius 2 is 1.79 bits per heavy atom. The molecule has 0 spiro atoms. The van der Waals surface area contributed by atoms with E-state index >= 15 is 0 Å². The maximum atomic E-state index is 13.3. The molecule has 2 amide bonds. The number of nitrogens with one attached hydrogen (secondary N) is 1. The minimum absolute atomic E-state index is 0.0111. The van der Waals surface area contributed by atoms with Crippen LogP contribution in [0.15, 0.2) is 71.1 Å². The molecule has 174 valence electrons. The molecular weight excluding hydrogens is 471 g/mol. The lowest BCUT2D eigenvalue weighted by molar-refractivity contribution is -0.133. The smallest absolute Gasteiger partial charge is 0.239 e. The van der Waals surface area contributed by atoms with E-state index in [9.17, 15) is 14.0 Å². The summed E-state index contributed by atoms with van der Waals surface area (Å²) in [6.07, 6.45) is 0. The van der Waals surface area contributed by atoms with Gasteiger partial charge in [0.15, 0.2) is 0 Å². The van der Waals surface area contributed by atoms with Gasteiger partial charge in [0.1, 0.15) is 16.5 Å². The number of hydrogen-bond acceptors (Lipinski definition) is 6. The van der Waals surface area contributed by atoms with Crippen LogP contribution in [-0.2, 0) is 16.1 Å². The quantitative estimate of drug-likeness (QED) is 0.340. The van der Waals surface area contributed by atoms with Crippen molar-refractivity contribution in [3.05, 3.63) is 76.7 Å². The van der Waals surface area contributed by atoms with Gasteiger partial charge >= 0.3 is 0 Å². The number of nitrogens with zero attached hydrogens (tertiary/aromatic N) is 3. The van der Waals surface area contributed by atoms with Gasteiger partial charge in [0.25, 0.3) is 0 Å². The Morgan fingerprint density at radius 1 is 1.03 bits per heavy atom. The molecule has 0 saturated carbocycles. The van der Waals surface area contributed by atoms with E-state index < -0.39 is 0 Å². The van der Waals surface area contributed by atoms with Crippen LogP contribution in [0.3, 0.4) is 0 Å². The SMILES string of the molecule is CCN(CC(=O)NCc1cccs1)C(=O)CSc1nnc(-c2ccc(F)cc2)c2ccccc12. The van der Waals surface area contributed by atoms with E-state index in [1.165, 1.54) is 28.8 Å². The van der Waals surface area contributed by atoms with Gasteiger partial charge in [-0.2, -0.15) is 0 Å². The van der Waals surface area contributed by atoms with Gasteiger partial charge in [0.05, 0.1) is 18.8 Å². The first kappa shape index (κ1) is 23.8. The molecule has 2 aromatic carbocycles. The van der Waals surface area contributed by atoms with Crippen molar-refractivity contribution < 1.29 is 14.0 Å². The topological polar surface area (TPSA) is 75.2 Å². The van der Waals surface area contributed by atoms with Crippen LogP contribution < -0.4 is 5.32 Å². The van der Waals surface area contributed by atoms with Gasteiger partial charge in [-0.05, 0) is 42.6 Å². The number of rotatable bonds is 9. The van der Waals surface area contributed by atoms with Gasteiger partial charge < -0.3 is 10.2 Å². The predicted molar refractivity (Wildman–Crippen MR) is 134 cm³/mol. The number of aromatic nitrogens is 2. The van der Waals surface area contributed by atoms with Crippen LogP contribution in [0.1, 0.15) is 11.8 Å². The summed E-state index contributed by atoms with van der Waals surface area (Å²) in [6, 6.07) is 17.7. The van der Waals surface area contributed by atoms with Gasteiger partial charge in [-0.15, -0.1) is 21.5 Å². The zero-order valence-electron chi connectivity index (χ0n) is 18.5. The minimum atomic E-state index is -0.313. The monoisotopic (exact) mass is 494 g/mol. The van der Waals surface area contributed by atoms with Gasteiger partial charge in [-0.25, -0.2) is 4.39 Å². The largest absolute Gasteiger partial charge is 0.350 e. The van der Waals surface area contributed by atoms with Crippen molar-refractivity contribution in [2.75, 3.05) is 18.8 Å². The molecule has 6 nitrogen and oxygen atoms in total. The van der Waals surface area contributed by atoms with Crippen LogP contribution in [0.4, 0.5) is 4.39 Å².